The Kier molecular flexibility index (Phi) is 6.26. The summed E-state index contributed by atoms with van der Waals surface area (Å²) in [7, 11) is 0. The van der Waals surface area contributed by atoms with Gasteiger partial charge < -0.3 is 5.32 Å². The number of nitrogens with one attached hydrogen (secondary N) is 1. The van der Waals surface area contributed by atoms with Crippen LogP contribution < -0.4 is 5.32 Å². The molecule has 3 aromatic rings. The van der Waals surface area contributed by atoms with Crippen molar-refractivity contribution >= 4 is 17.5 Å². The van der Waals surface area contributed by atoms with Gasteiger partial charge in [-0.05, 0) is 41.5 Å². The first-order valence-electron chi connectivity index (χ1n) is 8.73. The predicted molar refractivity (Wildman–Crippen MR) is 102 cm³/mol. The smallest absolute Gasteiger partial charge is 0.346 e. The normalized spacial score (nSPS) is 12.0. The molecule has 2 aromatic carbocycles. The number of hydrogen-bond donors (Lipinski definition) is 1. The van der Waals surface area contributed by atoms with Crippen LogP contribution in [0.4, 0.5) is 26.3 Å². The number of halogens is 7. The maximum absolute atomic E-state index is 14.6. The molecule has 1 aromatic heterocycles. The first-order chi connectivity index (χ1) is 14.5. The van der Waals surface area contributed by atoms with Crippen molar-refractivity contribution in [2.75, 3.05) is 6.54 Å². The number of alkyl halides is 5. The van der Waals surface area contributed by atoms with E-state index in [0.717, 1.165) is 24.4 Å². The van der Waals surface area contributed by atoms with Crippen molar-refractivity contribution in [1.82, 2.24) is 10.3 Å². The molecule has 31 heavy (non-hydrogen) atoms. The number of hydrogen-bond acceptors (Lipinski definition) is 2. The van der Waals surface area contributed by atoms with Crippen LogP contribution in [0, 0.1) is 5.82 Å². The van der Waals surface area contributed by atoms with Crippen LogP contribution in [-0.4, -0.2) is 17.4 Å². The minimum atomic E-state index is -4.92. The molecule has 162 valence electrons. The SMILES string of the molecule is O=C(NCC(F)(F)c1ccc(-c2ccc(F)cc2)cc1Cl)c1cccnc1C(F)(F)F. The summed E-state index contributed by atoms with van der Waals surface area (Å²) < 4.78 is 81.2. The van der Waals surface area contributed by atoms with E-state index >= 15 is 0 Å². The van der Waals surface area contributed by atoms with E-state index in [1.54, 1.807) is 5.32 Å². The lowest BCUT2D eigenvalue weighted by molar-refractivity contribution is -0.141. The van der Waals surface area contributed by atoms with Gasteiger partial charge in [-0.1, -0.05) is 35.9 Å². The van der Waals surface area contributed by atoms with Gasteiger partial charge in [-0.2, -0.15) is 22.0 Å². The van der Waals surface area contributed by atoms with Crippen molar-refractivity contribution in [3.05, 3.63) is 88.5 Å². The third-order valence-electron chi connectivity index (χ3n) is 4.33. The lowest BCUT2D eigenvalue weighted by Crippen LogP contribution is -2.36. The summed E-state index contributed by atoms with van der Waals surface area (Å²) in [5.74, 6) is -5.48. The van der Waals surface area contributed by atoms with E-state index in [9.17, 15) is 31.1 Å². The fourth-order valence-corrected chi connectivity index (χ4v) is 3.15. The molecule has 0 unspecified atom stereocenters. The Morgan fingerprint density at radius 1 is 0.968 bits per heavy atom. The van der Waals surface area contributed by atoms with E-state index in [0.29, 0.717) is 11.1 Å². The second-order valence-electron chi connectivity index (χ2n) is 6.49. The minimum absolute atomic E-state index is 0.321. The average Bonchev–Trinajstić information content (AvgIpc) is 2.71. The molecule has 0 atom stereocenters. The van der Waals surface area contributed by atoms with Crippen molar-refractivity contribution in [1.29, 1.82) is 0 Å². The Balaban J connectivity index is 1.78. The van der Waals surface area contributed by atoms with Crippen LogP contribution in [0.25, 0.3) is 11.1 Å². The third kappa shape index (κ3) is 5.16. The van der Waals surface area contributed by atoms with Crippen LogP contribution in [0.15, 0.2) is 60.8 Å². The third-order valence-corrected chi connectivity index (χ3v) is 4.65. The number of carbonyl (C=O) groups excluding carboxylic acids is 1. The summed E-state index contributed by atoms with van der Waals surface area (Å²) in [6.07, 6.45) is -4.08. The van der Waals surface area contributed by atoms with E-state index in [-0.39, 0.29) is 5.02 Å². The lowest BCUT2D eigenvalue weighted by Gasteiger charge is -2.20. The van der Waals surface area contributed by atoms with Crippen molar-refractivity contribution in [2.45, 2.75) is 12.1 Å². The monoisotopic (exact) mass is 458 g/mol. The predicted octanol–water partition coefficient (Wildman–Crippen LogP) is 6.08. The number of pyridine rings is 1. The van der Waals surface area contributed by atoms with E-state index in [2.05, 4.69) is 4.98 Å². The number of benzene rings is 2. The zero-order valence-electron chi connectivity index (χ0n) is 15.5. The van der Waals surface area contributed by atoms with Crippen molar-refractivity contribution in [3.8, 4) is 11.1 Å². The summed E-state index contributed by atoms with van der Waals surface area (Å²) in [5.41, 5.74) is -1.97. The maximum Gasteiger partial charge on any atom is 0.434 e. The summed E-state index contributed by atoms with van der Waals surface area (Å²) >= 11 is 5.99. The quantitative estimate of drug-likeness (QED) is 0.471. The number of rotatable bonds is 5. The molecule has 1 amide bonds. The zero-order valence-corrected chi connectivity index (χ0v) is 16.2. The number of amides is 1. The van der Waals surface area contributed by atoms with Gasteiger partial charge >= 0.3 is 6.18 Å². The Hall–Kier alpha value is -3.07. The van der Waals surface area contributed by atoms with Gasteiger partial charge in [-0.25, -0.2) is 4.39 Å². The van der Waals surface area contributed by atoms with Gasteiger partial charge in [0.15, 0.2) is 5.69 Å². The largest absolute Gasteiger partial charge is 0.434 e. The summed E-state index contributed by atoms with van der Waals surface area (Å²) in [6.45, 7) is -1.28. The first-order valence-corrected chi connectivity index (χ1v) is 9.11. The van der Waals surface area contributed by atoms with E-state index in [1.807, 2.05) is 0 Å². The van der Waals surface area contributed by atoms with Gasteiger partial charge in [0.25, 0.3) is 11.8 Å². The Morgan fingerprint density at radius 2 is 1.61 bits per heavy atom. The topological polar surface area (TPSA) is 42.0 Å². The van der Waals surface area contributed by atoms with Gasteiger partial charge in [-0.3, -0.25) is 9.78 Å². The van der Waals surface area contributed by atoms with Crippen molar-refractivity contribution < 1.29 is 31.1 Å². The maximum atomic E-state index is 14.6. The number of nitrogens with zero attached hydrogens (tertiary/aromatic N) is 1. The molecular formula is C21H13ClF6N2O. The zero-order chi connectivity index (χ0) is 22.8. The van der Waals surface area contributed by atoms with Gasteiger partial charge in [0, 0.05) is 11.8 Å². The molecule has 1 N–H and O–H groups in total. The number of carbonyl (C=O) groups is 1. The first kappa shape index (κ1) is 22.6. The van der Waals surface area contributed by atoms with Gasteiger partial charge in [0.2, 0.25) is 0 Å². The van der Waals surface area contributed by atoms with Gasteiger partial charge in [-0.15, -0.1) is 0 Å². The molecule has 0 radical (unpaired) electrons. The summed E-state index contributed by atoms with van der Waals surface area (Å²) in [4.78, 5) is 15.2. The average molecular weight is 459 g/mol. The highest BCUT2D eigenvalue weighted by Gasteiger charge is 2.38. The molecule has 1 heterocycles. The molecular weight excluding hydrogens is 446 g/mol. The van der Waals surface area contributed by atoms with Crippen LogP contribution in [0.2, 0.25) is 5.02 Å². The van der Waals surface area contributed by atoms with Gasteiger partial charge in [0.05, 0.1) is 17.1 Å². The fourth-order valence-electron chi connectivity index (χ4n) is 2.83. The highest BCUT2D eigenvalue weighted by Crippen LogP contribution is 2.36. The number of aromatic nitrogens is 1. The highest BCUT2D eigenvalue weighted by atomic mass is 35.5. The molecule has 0 aliphatic carbocycles. The van der Waals surface area contributed by atoms with Crippen LogP contribution in [0.1, 0.15) is 21.6 Å². The molecule has 3 rings (SSSR count). The minimum Gasteiger partial charge on any atom is -0.346 e. The molecule has 10 heteroatoms. The Morgan fingerprint density at radius 3 is 2.23 bits per heavy atom. The fraction of sp³-hybridized carbons (Fsp3) is 0.143. The van der Waals surface area contributed by atoms with Crippen molar-refractivity contribution in [3.63, 3.8) is 0 Å². The van der Waals surface area contributed by atoms with Crippen LogP contribution >= 0.6 is 11.6 Å². The molecule has 0 fully saturated rings. The van der Waals surface area contributed by atoms with E-state index < -0.39 is 47.2 Å². The Bertz CT molecular complexity index is 1100. The molecule has 0 aliphatic rings. The molecule has 0 spiro atoms. The Labute approximate surface area is 177 Å². The van der Waals surface area contributed by atoms with Crippen LogP contribution in [0.5, 0.6) is 0 Å². The molecule has 0 aliphatic heterocycles. The second-order valence-corrected chi connectivity index (χ2v) is 6.89. The van der Waals surface area contributed by atoms with Gasteiger partial charge in [0.1, 0.15) is 5.82 Å². The highest BCUT2D eigenvalue weighted by molar-refractivity contribution is 6.31. The summed E-state index contributed by atoms with van der Waals surface area (Å²) in [5, 5.41) is 1.48. The van der Waals surface area contributed by atoms with E-state index in [1.165, 1.54) is 36.4 Å². The molecule has 0 bridgehead atoms. The van der Waals surface area contributed by atoms with Crippen LogP contribution in [0.3, 0.4) is 0 Å². The van der Waals surface area contributed by atoms with E-state index in [4.69, 9.17) is 11.6 Å². The van der Waals surface area contributed by atoms with Crippen molar-refractivity contribution in [2.24, 2.45) is 0 Å². The standard InChI is InChI=1S/C21H13ClF6N2O/c22-17-10-13(12-3-6-14(23)7-4-12)5-8-16(17)20(24,25)11-30-19(31)15-2-1-9-29-18(15)21(26,27)28/h1-10H,11H2,(H,30,31). The lowest BCUT2D eigenvalue weighted by atomic mass is 10.0. The molecule has 3 nitrogen and oxygen atoms in total. The second kappa shape index (κ2) is 8.58. The molecule has 0 saturated heterocycles. The summed E-state index contributed by atoms with van der Waals surface area (Å²) in [6, 6.07) is 10.9. The molecule has 0 saturated carbocycles. The van der Waals surface area contributed by atoms with Crippen LogP contribution in [-0.2, 0) is 12.1 Å².